The van der Waals surface area contributed by atoms with E-state index in [1.54, 1.807) is 0 Å². The highest BCUT2D eigenvalue weighted by atomic mass is 32.2. The van der Waals surface area contributed by atoms with Gasteiger partial charge in [0.15, 0.2) is 0 Å². The zero-order valence-electron chi connectivity index (χ0n) is 9.80. The smallest absolute Gasteiger partial charge is 0.0439 e. The minimum absolute atomic E-state index is 0.339. The molecular formula is C15H17NS. The molecule has 2 heterocycles. The van der Waals surface area contributed by atoms with Crippen LogP contribution in [0.1, 0.15) is 6.42 Å². The van der Waals surface area contributed by atoms with E-state index in [1.165, 1.54) is 16.3 Å². The predicted molar refractivity (Wildman–Crippen MR) is 78.2 cm³/mol. The van der Waals surface area contributed by atoms with Crippen LogP contribution < -0.4 is 5.32 Å². The molecule has 0 aromatic rings. The number of hydrogen-bond acceptors (Lipinski definition) is 1. The molecule has 1 N–H and O–H groups in total. The average Bonchev–Trinajstić information content (AvgIpc) is 2.40. The average molecular weight is 243 g/mol. The van der Waals surface area contributed by atoms with E-state index in [0.717, 1.165) is 13.0 Å². The second-order valence-corrected chi connectivity index (χ2v) is 6.38. The summed E-state index contributed by atoms with van der Waals surface area (Å²) in [4.78, 5) is 1.49. The number of allylic oxidation sites excluding steroid dienone is 8. The summed E-state index contributed by atoms with van der Waals surface area (Å²) in [6.45, 7) is 1.10. The van der Waals surface area contributed by atoms with Crippen molar-refractivity contribution in [2.45, 2.75) is 6.42 Å². The molecular weight excluding hydrogens is 226 g/mol. The van der Waals surface area contributed by atoms with E-state index >= 15 is 0 Å². The van der Waals surface area contributed by atoms with E-state index in [0.29, 0.717) is 16.4 Å². The van der Waals surface area contributed by atoms with E-state index < -0.39 is 0 Å². The van der Waals surface area contributed by atoms with Gasteiger partial charge in [0, 0.05) is 28.8 Å². The lowest BCUT2D eigenvalue weighted by atomic mass is 9.99. The van der Waals surface area contributed by atoms with E-state index in [1.807, 2.05) is 0 Å². The lowest BCUT2D eigenvalue weighted by molar-refractivity contribution is 0.794. The molecule has 0 aromatic heterocycles. The molecule has 2 heteroatoms. The Balaban J connectivity index is 1.89. The Bertz CT molecular complexity index is 489. The van der Waals surface area contributed by atoms with Crippen molar-refractivity contribution < 1.29 is 0 Å². The van der Waals surface area contributed by atoms with Gasteiger partial charge in [0.2, 0.25) is 0 Å². The van der Waals surface area contributed by atoms with Gasteiger partial charge in [-0.15, -0.1) is 0 Å². The fraction of sp³-hybridized carbons (Fsp3) is 0.267. The van der Waals surface area contributed by atoms with Crippen molar-refractivity contribution in [1.29, 1.82) is 0 Å². The molecule has 17 heavy (non-hydrogen) atoms. The standard InChI is InChI=1S/C15H17NS/c1-2-6-13(7-3-1)12-14-15-8-4-5-10-17(15)11-9-16-14/h1-6,8,10,12-13,16H,7,9,11H2/b14-12-. The molecule has 2 unspecified atom stereocenters. The Labute approximate surface area is 105 Å². The van der Waals surface area contributed by atoms with Crippen molar-refractivity contribution in [2.24, 2.45) is 5.92 Å². The maximum atomic E-state index is 3.55. The third-order valence-electron chi connectivity index (χ3n) is 3.18. The molecule has 0 amide bonds. The fourth-order valence-corrected chi connectivity index (χ4v) is 4.10. The zero-order chi connectivity index (χ0) is 11.5. The van der Waals surface area contributed by atoms with E-state index in [9.17, 15) is 0 Å². The zero-order valence-corrected chi connectivity index (χ0v) is 10.6. The summed E-state index contributed by atoms with van der Waals surface area (Å²) in [7, 11) is 0.339. The minimum Gasteiger partial charge on any atom is -0.384 e. The molecule has 2 atom stereocenters. The quantitative estimate of drug-likeness (QED) is 0.551. The molecule has 0 radical (unpaired) electrons. The summed E-state index contributed by atoms with van der Waals surface area (Å²) in [5.41, 5.74) is 1.35. The molecule has 3 rings (SSSR count). The van der Waals surface area contributed by atoms with Gasteiger partial charge in [-0.2, -0.15) is 10.5 Å². The monoisotopic (exact) mass is 243 g/mol. The van der Waals surface area contributed by atoms with E-state index in [-0.39, 0.29) is 0 Å². The van der Waals surface area contributed by atoms with Gasteiger partial charge in [-0.1, -0.05) is 42.5 Å². The Morgan fingerprint density at radius 2 is 2.24 bits per heavy atom. The summed E-state index contributed by atoms with van der Waals surface area (Å²) in [6, 6.07) is 0. The van der Waals surface area contributed by atoms with Gasteiger partial charge >= 0.3 is 0 Å². The Morgan fingerprint density at radius 3 is 3.12 bits per heavy atom. The van der Waals surface area contributed by atoms with Crippen molar-refractivity contribution >= 4 is 15.3 Å². The van der Waals surface area contributed by atoms with Gasteiger partial charge in [-0.25, -0.2) is 0 Å². The van der Waals surface area contributed by atoms with Gasteiger partial charge in [0.25, 0.3) is 0 Å². The molecule has 3 aliphatic rings. The van der Waals surface area contributed by atoms with Crippen molar-refractivity contribution in [3.05, 3.63) is 59.7 Å². The van der Waals surface area contributed by atoms with Crippen molar-refractivity contribution in [1.82, 2.24) is 5.32 Å². The van der Waals surface area contributed by atoms with E-state index in [4.69, 9.17) is 0 Å². The fourth-order valence-electron chi connectivity index (χ4n) is 2.31. The van der Waals surface area contributed by atoms with Gasteiger partial charge in [0.1, 0.15) is 0 Å². The van der Waals surface area contributed by atoms with Crippen LogP contribution in [0.3, 0.4) is 0 Å². The molecule has 88 valence electrons. The first-order valence-corrected chi connectivity index (χ1v) is 7.60. The number of hydrogen-bond donors (Lipinski definition) is 1. The molecule has 0 saturated carbocycles. The minimum atomic E-state index is 0.339. The summed E-state index contributed by atoms with van der Waals surface area (Å²) >= 11 is 0. The molecule has 0 spiro atoms. The van der Waals surface area contributed by atoms with Crippen LogP contribution in [0.5, 0.6) is 0 Å². The van der Waals surface area contributed by atoms with Crippen LogP contribution in [0.25, 0.3) is 0 Å². The number of rotatable bonds is 1. The second-order valence-electron chi connectivity index (χ2n) is 4.40. The lowest BCUT2D eigenvalue weighted by Crippen LogP contribution is -2.28. The van der Waals surface area contributed by atoms with Crippen LogP contribution in [-0.2, 0) is 0 Å². The molecule has 1 nitrogen and oxygen atoms in total. The van der Waals surface area contributed by atoms with Crippen LogP contribution >= 0.6 is 10.5 Å². The van der Waals surface area contributed by atoms with Gasteiger partial charge < -0.3 is 5.32 Å². The maximum Gasteiger partial charge on any atom is 0.0439 e. The van der Waals surface area contributed by atoms with Gasteiger partial charge in [0.05, 0.1) is 0 Å². The molecule has 1 aliphatic carbocycles. The van der Waals surface area contributed by atoms with Crippen LogP contribution in [-0.4, -0.2) is 17.2 Å². The SMILES string of the molecule is C1=CCC(/C=C2\NCCS3=C2C=CC=C3)C=C1. The first-order chi connectivity index (χ1) is 8.43. The Morgan fingerprint density at radius 1 is 1.24 bits per heavy atom. The summed E-state index contributed by atoms with van der Waals surface area (Å²) in [5.74, 6) is 1.80. The topological polar surface area (TPSA) is 12.0 Å². The lowest BCUT2D eigenvalue weighted by Gasteiger charge is -2.25. The van der Waals surface area contributed by atoms with Crippen molar-refractivity contribution in [3.8, 4) is 0 Å². The summed E-state index contributed by atoms with van der Waals surface area (Å²) in [5, 5.41) is 5.90. The summed E-state index contributed by atoms with van der Waals surface area (Å²) < 4.78 is 0. The summed E-state index contributed by atoms with van der Waals surface area (Å²) in [6.07, 6.45) is 18.9. The van der Waals surface area contributed by atoms with Gasteiger partial charge in [-0.05, 0) is 17.9 Å². The third kappa shape index (κ3) is 2.37. The van der Waals surface area contributed by atoms with Crippen molar-refractivity contribution in [3.63, 3.8) is 0 Å². The first kappa shape index (κ1) is 10.8. The molecule has 0 aromatic carbocycles. The predicted octanol–water partition coefficient (Wildman–Crippen LogP) is 3.13. The van der Waals surface area contributed by atoms with E-state index in [2.05, 4.69) is 59.3 Å². The molecule has 0 saturated heterocycles. The Kier molecular flexibility index (Phi) is 3.14. The van der Waals surface area contributed by atoms with Crippen LogP contribution in [0.4, 0.5) is 0 Å². The van der Waals surface area contributed by atoms with Crippen molar-refractivity contribution in [2.75, 3.05) is 12.3 Å². The largest absolute Gasteiger partial charge is 0.384 e. The van der Waals surface area contributed by atoms with Gasteiger partial charge in [-0.3, -0.25) is 0 Å². The molecule has 0 fully saturated rings. The first-order valence-electron chi connectivity index (χ1n) is 6.14. The highest BCUT2D eigenvalue weighted by Crippen LogP contribution is 2.28. The number of nitrogens with one attached hydrogen (secondary N) is 1. The molecule has 2 aliphatic heterocycles. The molecule has 0 bridgehead atoms. The highest BCUT2D eigenvalue weighted by Gasteiger charge is 2.15. The Hall–Kier alpha value is -1.28. The maximum absolute atomic E-state index is 3.55. The van der Waals surface area contributed by atoms with Crippen LogP contribution in [0.15, 0.2) is 59.7 Å². The normalized spacial score (nSPS) is 32.7. The second kappa shape index (κ2) is 4.92. The van der Waals surface area contributed by atoms with Crippen LogP contribution in [0, 0.1) is 5.92 Å². The highest BCUT2D eigenvalue weighted by molar-refractivity contribution is 8.19. The van der Waals surface area contributed by atoms with Crippen LogP contribution in [0.2, 0.25) is 0 Å². The third-order valence-corrected chi connectivity index (χ3v) is 5.23.